The minimum atomic E-state index is -1.41. The summed E-state index contributed by atoms with van der Waals surface area (Å²) < 4.78 is 31.3. The Morgan fingerprint density at radius 3 is 2.39 bits per heavy atom. The maximum absolute atomic E-state index is 14.4. The number of carbonyl (C=O) groups excluding carboxylic acids is 4. The van der Waals surface area contributed by atoms with Crippen LogP contribution in [0.2, 0.25) is 0 Å². The predicted molar refractivity (Wildman–Crippen MR) is 207 cm³/mol. The number of amides is 1. The number of nitrogens with zero attached hydrogens (tertiary/aromatic N) is 3. The molecule has 3 aliphatic heterocycles. The van der Waals surface area contributed by atoms with Crippen LogP contribution in [0.25, 0.3) is 10.4 Å². The summed E-state index contributed by atoms with van der Waals surface area (Å²) in [4.78, 5) is 67.2. The lowest BCUT2D eigenvalue weighted by atomic mass is 9.73. The number of esters is 1. The number of aliphatic hydroxyl groups excluding tert-OH is 1. The smallest absolute Gasteiger partial charge is 0.408 e. The molecule has 2 aromatic heterocycles. The van der Waals surface area contributed by atoms with E-state index in [4.69, 9.17) is 23.7 Å². The van der Waals surface area contributed by atoms with Crippen LogP contribution < -0.4 is 5.32 Å². The topological polar surface area (TPSA) is 176 Å². The van der Waals surface area contributed by atoms with E-state index >= 15 is 0 Å². The summed E-state index contributed by atoms with van der Waals surface area (Å²) in [6.45, 7) is 13.6. The summed E-state index contributed by atoms with van der Waals surface area (Å²) in [5.41, 5.74) is -1.93. The quantitative estimate of drug-likeness (QED) is 0.229. The number of ether oxygens (including phenoxy) is 5. The Labute approximate surface area is 333 Å². The zero-order valence-corrected chi connectivity index (χ0v) is 34.8. The van der Waals surface area contributed by atoms with Gasteiger partial charge in [0.25, 0.3) is 0 Å². The molecule has 0 radical (unpaired) electrons. The van der Waals surface area contributed by atoms with Crippen LogP contribution in [-0.2, 0) is 38.1 Å². The largest absolute Gasteiger partial charge is 0.458 e. The fraction of sp³-hybridized carbons (Fsp3) is 0.659. The number of ketones is 2. The van der Waals surface area contributed by atoms with Crippen molar-refractivity contribution >= 4 is 35.0 Å². The third-order valence-electron chi connectivity index (χ3n) is 11.6. The number of aromatic nitrogens is 2. The van der Waals surface area contributed by atoms with Gasteiger partial charge < -0.3 is 39.0 Å². The van der Waals surface area contributed by atoms with Gasteiger partial charge in [-0.3, -0.25) is 14.4 Å². The molecule has 15 heteroatoms. The van der Waals surface area contributed by atoms with Crippen molar-refractivity contribution < 1.29 is 48.0 Å². The van der Waals surface area contributed by atoms with Crippen molar-refractivity contribution in [2.24, 2.45) is 23.7 Å². The van der Waals surface area contributed by atoms with Gasteiger partial charge in [-0.25, -0.2) is 14.8 Å². The standard InChI is InChI=1S/C41H56N4O10S/c1-11-31-41(8)35(44-39(50)55-41)24(4)32(46)22(2)18-40(7,51-16-12-13-28-14-15-30(56-28)27-19-42-21-43-20-27)36(25(5)33(47)26(6)37(49)53-31)54-38-34(48)29(45(9)10)17-23(3)52-38/h14-15,19-26,29,31,34-36,38,48H,11,16-18H2,1-10H3,(H,44,50)/t22-,23-,24+,25+,26-,29+,31-,34-,35-,36-,38+,40?,41-/m1/s1. The predicted octanol–water partition coefficient (Wildman–Crippen LogP) is 4.42. The molecule has 2 N–H and O–H groups in total. The number of rotatable bonds is 7. The van der Waals surface area contributed by atoms with E-state index in [0.29, 0.717) is 6.42 Å². The molecule has 14 nitrogen and oxygen atoms in total. The molecule has 2 aromatic rings. The van der Waals surface area contributed by atoms with Crippen molar-refractivity contribution in [1.82, 2.24) is 20.2 Å². The Hall–Kier alpha value is -3.78. The highest BCUT2D eigenvalue weighted by Gasteiger charge is 2.57. The number of thiophene rings is 1. The van der Waals surface area contributed by atoms with Crippen LogP contribution in [0, 0.1) is 35.5 Å². The van der Waals surface area contributed by atoms with Gasteiger partial charge in [0.2, 0.25) is 0 Å². The maximum atomic E-state index is 14.4. The van der Waals surface area contributed by atoms with Crippen LogP contribution in [0.3, 0.4) is 0 Å². The molecule has 0 aliphatic carbocycles. The fourth-order valence-corrected chi connectivity index (χ4v) is 9.29. The van der Waals surface area contributed by atoms with Gasteiger partial charge in [-0.15, -0.1) is 11.3 Å². The molecular formula is C41H56N4O10S. The van der Waals surface area contributed by atoms with Gasteiger partial charge in [-0.2, -0.15) is 0 Å². The summed E-state index contributed by atoms with van der Waals surface area (Å²) in [5.74, 6) is 0.985. The Morgan fingerprint density at radius 2 is 1.73 bits per heavy atom. The zero-order valence-electron chi connectivity index (χ0n) is 33.9. The molecule has 3 aliphatic rings. The monoisotopic (exact) mass is 796 g/mol. The van der Waals surface area contributed by atoms with E-state index in [1.807, 2.05) is 38.1 Å². The molecule has 1 unspecified atom stereocenters. The van der Waals surface area contributed by atoms with Crippen molar-refractivity contribution in [3.8, 4) is 22.3 Å². The summed E-state index contributed by atoms with van der Waals surface area (Å²) in [6, 6.07) is 2.68. The number of carbonyl (C=O) groups is 4. The van der Waals surface area contributed by atoms with Gasteiger partial charge in [-0.1, -0.05) is 39.5 Å². The minimum Gasteiger partial charge on any atom is -0.458 e. The van der Waals surface area contributed by atoms with Gasteiger partial charge in [0.1, 0.15) is 36.8 Å². The number of hydrogen-bond acceptors (Lipinski definition) is 14. The van der Waals surface area contributed by atoms with E-state index < -0.39 is 83.4 Å². The van der Waals surface area contributed by atoms with Crippen molar-refractivity contribution in [3.05, 3.63) is 35.7 Å². The molecule has 0 saturated carbocycles. The molecular weight excluding hydrogens is 741 g/mol. The van der Waals surface area contributed by atoms with Crippen molar-refractivity contribution in [1.29, 1.82) is 0 Å². The van der Waals surface area contributed by atoms with Crippen LogP contribution in [0.5, 0.6) is 0 Å². The van der Waals surface area contributed by atoms with Crippen LogP contribution in [-0.4, -0.2) is 118 Å². The third kappa shape index (κ3) is 9.16. The highest BCUT2D eigenvalue weighted by Crippen LogP contribution is 2.40. The average molecular weight is 797 g/mol. The normalized spacial score (nSPS) is 37.1. The van der Waals surface area contributed by atoms with Gasteiger partial charge >= 0.3 is 12.1 Å². The average Bonchev–Trinajstić information content (AvgIpc) is 3.77. The first-order valence-electron chi connectivity index (χ1n) is 19.3. The number of Topliss-reactive ketones (excluding diaryl/α,β-unsaturated/α-hetero) is 2. The molecule has 1 amide bonds. The van der Waals surface area contributed by atoms with Gasteiger partial charge in [0, 0.05) is 46.6 Å². The minimum absolute atomic E-state index is 0.0566. The second-order valence-electron chi connectivity index (χ2n) is 16.1. The second-order valence-corrected chi connectivity index (χ2v) is 17.1. The molecule has 0 bridgehead atoms. The van der Waals surface area contributed by atoms with Crippen LogP contribution in [0.1, 0.15) is 79.5 Å². The summed E-state index contributed by atoms with van der Waals surface area (Å²) in [5, 5.41) is 14.4. The van der Waals surface area contributed by atoms with Crippen molar-refractivity contribution in [2.45, 2.75) is 129 Å². The number of aliphatic hydroxyl groups is 1. The molecule has 3 fully saturated rings. The van der Waals surface area contributed by atoms with E-state index in [-0.39, 0.29) is 37.4 Å². The highest BCUT2D eigenvalue weighted by molar-refractivity contribution is 7.16. The van der Waals surface area contributed by atoms with E-state index in [1.165, 1.54) is 24.6 Å². The Morgan fingerprint density at radius 1 is 1.04 bits per heavy atom. The lowest BCUT2D eigenvalue weighted by molar-refractivity contribution is -0.296. The van der Waals surface area contributed by atoms with Crippen LogP contribution >= 0.6 is 11.3 Å². The molecule has 306 valence electrons. The summed E-state index contributed by atoms with van der Waals surface area (Å²) >= 11 is 1.47. The van der Waals surface area contributed by atoms with Gasteiger partial charge in [0.05, 0.1) is 28.7 Å². The second kappa shape index (κ2) is 17.8. The first kappa shape index (κ1) is 43.3. The van der Waals surface area contributed by atoms with E-state index in [9.17, 15) is 24.3 Å². The lowest BCUT2D eigenvalue weighted by Crippen LogP contribution is -2.60. The number of likely N-dealkylation sites (N-methyl/N-ethyl adjacent to an activating group) is 1. The fourth-order valence-electron chi connectivity index (χ4n) is 8.44. The van der Waals surface area contributed by atoms with E-state index in [1.54, 1.807) is 53.9 Å². The Kier molecular flexibility index (Phi) is 13.8. The molecule has 0 spiro atoms. The summed E-state index contributed by atoms with van der Waals surface area (Å²) in [7, 11) is 3.72. The third-order valence-corrected chi connectivity index (χ3v) is 12.6. The molecule has 0 aromatic carbocycles. The molecule has 5 rings (SSSR count). The van der Waals surface area contributed by atoms with Crippen molar-refractivity contribution in [3.63, 3.8) is 0 Å². The molecule has 3 saturated heterocycles. The number of cyclic esters (lactones) is 1. The van der Waals surface area contributed by atoms with Gasteiger partial charge in [0.15, 0.2) is 17.7 Å². The Bertz CT molecular complexity index is 1800. The maximum Gasteiger partial charge on any atom is 0.408 e. The van der Waals surface area contributed by atoms with Gasteiger partial charge in [-0.05, 0) is 73.2 Å². The van der Waals surface area contributed by atoms with E-state index in [2.05, 4.69) is 27.1 Å². The van der Waals surface area contributed by atoms with E-state index in [0.717, 1.165) is 15.3 Å². The number of alkyl carbamates (subject to hydrolysis) is 1. The molecule has 13 atom stereocenters. The van der Waals surface area contributed by atoms with Crippen LogP contribution in [0.15, 0.2) is 30.9 Å². The SMILES string of the molecule is CC[C@H]1OC(=O)[C@H](C)C(=O)[C@H](C)[C@@H](O[C@@H]2O[C@H](C)C[C@H](N(C)C)[C@H]2O)C(C)(OCC#Cc2ccc(-c3cncnc3)s2)C[C@@H](C)C(=O)[C@H](C)[C@H]2NC(=O)O[C@@]21C. The molecule has 56 heavy (non-hydrogen) atoms. The number of hydrogen-bond donors (Lipinski definition) is 2. The van der Waals surface area contributed by atoms with Crippen molar-refractivity contribution in [2.75, 3.05) is 20.7 Å². The lowest BCUT2D eigenvalue weighted by Gasteiger charge is -2.47. The van der Waals surface area contributed by atoms with Crippen LogP contribution in [0.4, 0.5) is 4.79 Å². The Balaban J connectivity index is 1.55. The highest BCUT2D eigenvalue weighted by atomic mass is 32.1. The number of fused-ring (bicyclic) bond motifs is 1. The zero-order chi connectivity index (χ0) is 41.1. The first-order chi connectivity index (χ1) is 26.4. The number of nitrogens with one attached hydrogen (secondary N) is 1. The first-order valence-corrected chi connectivity index (χ1v) is 20.1. The molecule has 5 heterocycles. The summed E-state index contributed by atoms with van der Waals surface area (Å²) in [6.07, 6.45) is 0.399.